The highest BCUT2D eigenvalue weighted by atomic mass is 16.7. The Bertz CT molecular complexity index is 958. The fourth-order valence-corrected chi connectivity index (χ4v) is 4.58. The molecule has 0 bridgehead atoms. The minimum Gasteiger partial charge on any atom is -0.477 e. The number of aryl methyl sites for hydroxylation is 1. The highest BCUT2D eigenvalue weighted by Crippen LogP contribution is 2.37. The smallest absolute Gasteiger partial charge is 0.364 e. The molecule has 2 fully saturated rings. The normalized spacial score (nSPS) is 37.2. The molecule has 0 aromatic heterocycles. The minimum atomic E-state index is -2.44. The van der Waals surface area contributed by atoms with Crippen molar-refractivity contribution in [3.05, 3.63) is 29.8 Å². The monoisotopic (exact) mass is 543 g/mol. The van der Waals surface area contributed by atoms with Gasteiger partial charge in [-0.05, 0) is 26.0 Å². The predicted octanol–water partition coefficient (Wildman–Crippen LogP) is -1.35. The van der Waals surface area contributed by atoms with Gasteiger partial charge in [0.2, 0.25) is 12.2 Å². The van der Waals surface area contributed by atoms with Crippen molar-refractivity contribution in [3.8, 4) is 5.75 Å². The molecule has 1 aromatic carbocycles. The number of aliphatic hydroxyl groups is 5. The van der Waals surface area contributed by atoms with Crippen LogP contribution in [0, 0.1) is 12.8 Å². The topological polar surface area (TPSA) is 204 Å². The first kappa shape index (κ1) is 30.2. The molecule has 1 aromatic rings. The van der Waals surface area contributed by atoms with Crippen molar-refractivity contribution in [2.24, 2.45) is 5.92 Å². The first-order chi connectivity index (χ1) is 17.8. The van der Waals surface area contributed by atoms with Gasteiger partial charge in [-0.25, -0.2) is 4.79 Å². The number of carboxylic acids is 1. The van der Waals surface area contributed by atoms with Crippen LogP contribution in [0.1, 0.15) is 32.8 Å². The van der Waals surface area contributed by atoms with Crippen LogP contribution in [-0.4, -0.2) is 110 Å². The zero-order chi connectivity index (χ0) is 28.4. The Morgan fingerprint density at radius 1 is 1.13 bits per heavy atom. The van der Waals surface area contributed by atoms with E-state index in [9.17, 15) is 40.2 Å². The van der Waals surface area contributed by atoms with Gasteiger partial charge in [0.05, 0.1) is 31.0 Å². The van der Waals surface area contributed by atoms with Gasteiger partial charge in [-0.1, -0.05) is 24.6 Å². The molecular weight excluding hydrogens is 506 g/mol. The number of hydrogen-bond donors (Lipinski definition) is 7. The number of ether oxygens (including phenoxy) is 4. The molecule has 11 atom stereocenters. The lowest BCUT2D eigenvalue weighted by atomic mass is 9.83. The second-order valence-corrected chi connectivity index (χ2v) is 9.99. The number of hydrogen-bond acceptors (Lipinski definition) is 11. The molecule has 13 heteroatoms. The van der Waals surface area contributed by atoms with Crippen LogP contribution in [0.4, 0.5) is 0 Å². The zero-order valence-electron chi connectivity index (χ0n) is 21.6. The number of aliphatic carboxylic acids is 1. The maximum Gasteiger partial charge on any atom is 0.364 e. The fraction of sp³-hybridized carbons (Fsp3) is 0.680. The van der Waals surface area contributed by atoms with E-state index >= 15 is 0 Å². The molecule has 0 saturated carbocycles. The Morgan fingerprint density at radius 3 is 2.32 bits per heavy atom. The van der Waals surface area contributed by atoms with Crippen molar-refractivity contribution in [3.63, 3.8) is 0 Å². The molecule has 2 aliphatic rings. The summed E-state index contributed by atoms with van der Waals surface area (Å²) in [6, 6.07) is 5.70. The molecule has 3 unspecified atom stereocenters. The average molecular weight is 544 g/mol. The van der Waals surface area contributed by atoms with E-state index in [0.717, 1.165) is 5.56 Å². The number of aliphatic hydroxyl groups excluding tert-OH is 5. The van der Waals surface area contributed by atoms with Crippen LogP contribution in [0.2, 0.25) is 0 Å². The van der Waals surface area contributed by atoms with E-state index < -0.39 is 91.7 Å². The number of amides is 1. The molecule has 0 aliphatic carbocycles. The first-order valence-corrected chi connectivity index (χ1v) is 12.4. The summed E-state index contributed by atoms with van der Waals surface area (Å²) in [4.78, 5) is 24.1. The summed E-state index contributed by atoms with van der Waals surface area (Å²) >= 11 is 0. The number of carboxylic acid groups (broad SMARTS) is 1. The van der Waals surface area contributed by atoms with E-state index in [1.54, 1.807) is 31.2 Å². The molecule has 38 heavy (non-hydrogen) atoms. The molecule has 2 aliphatic heterocycles. The quantitative estimate of drug-likeness (QED) is 0.193. The van der Waals surface area contributed by atoms with Crippen LogP contribution in [0.5, 0.6) is 5.75 Å². The lowest BCUT2D eigenvalue weighted by Gasteiger charge is -2.47. The van der Waals surface area contributed by atoms with Crippen molar-refractivity contribution in [1.82, 2.24) is 5.32 Å². The second-order valence-electron chi connectivity index (χ2n) is 9.99. The molecular formula is C25H37NO12. The summed E-state index contributed by atoms with van der Waals surface area (Å²) in [5, 5.41) is 64.7. The summed E-state index contributed by atoms with van der Waals surface area (Å²) in [5.74, 6) is -4.92. The van der Waals surface area contributed by atoms with E-state index in [0.29, 0.717) is 5.75 Å². The van der Waals surface area contributed by atoms with E-state index in [2.05, 4.69) is 5.32 Å². The Labute approximate surface area is 219 Å². The average Bonchev–Trinajstić information content (AvgIpc) is 2.85. The van der Waals surface area contributed by atoms with Crippen LogP contribution in [0.25, 0.3) is 0 Å². The van der Waals surface area contributed by atoms with Crippen LogP contribution >= 0.6 is 0 Å². The number of carbonyl (C=O) groups is 2. The van der Waals surface area contributed by atoms with Gasteiger partial charge in [0.15, 0.2) is 0 Å². The minimum absolute atomic E-state index is 0.322. The van der Waals surface area contributed by atoms with Crippen LogP contribution in [0.3, 0.4) is 0 Å². The maximum atomic E-state index is 12.4. The zero-order valence-corrected chi connectivity index (χ0v) is 21.6. The number of nitrogens with one attached hydrogen (secondary N) is 1. The van der Waals surface area contributed by atoms with Gasteiger partial charge in [0.25, 0.3) is 5.79 Å². The SMILES string of the molecule is CC(=O)N[C@@H](C1O[C@@](OCC2O[C@@H](Oc3ccc(C)cc3)C(O)[C@@H](O)[C@H]2O)(C(=O)O)C[C@@H](O)[C@H]1C)[C@@H](C)O. The van der Waals surface area contributed by atoms with E-state index in [-0.39, 0.29) is 0 Å². The third-order valence-electron chi connectivity index (χ3n) is 6.92. The van der Waals surface area contributed by atoms with Crippen molar-refractivity contribution in [1.29, 1.82) is 0 Å². The summed E-state index contributed by atoms with van der Waals surface area (Å²) in [6.07, 6.45) is -11.9. The largest absolute Gasteiger partial charge is 0.477 e. The van der Waals surface area contributed by atoms with Crippen molar-refractivity contribution >= 4 is 11.9 Å². The fourth-order valence-electron chi connectivity index (χ4n) is 4.58. The third kappa shape index (κ3) is 6.61. The molecule has 0 spiro atoms. The second kappa shape index (κ2) is 12.2. The molecule has 3 rings (SSSR count). The van der Waals surface area contributed by atoms with Crippen LogP contribution in [-0.2, 0) is 23.8 Å². The lowest BCUT2D eigenvalue weighted by molar-refractivity contribution is -0.330. The van der Waals surface area contributed by atoms with E-state index in [1.807, 2.05) is 6.92 Å². The summed E-state index contributed by atoms with van der Waals surface area (Å²) in [5.41, 5.74) is 0.960. The first-order valence-electron chi connectivity index (χ1n) is 12.4. The standard InChI is InChI=1S/C25H37NO12/c1-11-5-7-15(8-6-11)36-23-21(32)20(31)19(30)17(37-23)10-35-25(24(33)34)9-16(29)12(2)22(38-25)18(13(3)27)26-14(4)28/h5-8,12-13,16-23,27,29-32H,9-10H2,1-4H3,(H,26,28)(H,33,34)/t12-,13-,16-,17?,18-,19+,20+,21?,22?,23-,25-/m1/s1. The van der Waals surface area contributed by atoms with Crippen molar-refractivity contribution < 1.29 is 59.2 Å². The third-order valence-corrected chi connectivity index (χ3v) is 6.92. The van der Waals surface area contributed by atoms with Gasteiger partial charge in [-0.3, -0.25) is 4.79 Å². The maximum absolute atomic E-state index is 12.4. The van der Waals surface area contributed by atoms with Crippen LogP contribution in [0.15, 0.2) is 24.3 Å². The van der Waals surface area contributed by atoms with Crippen LogP contribution < -0.4 is 10.1 Å². The predicted molar refractivity (Wildman–Crippen MR) is 129 cm³/mol. The van der Waals surface area contributed by atoms with Gasteiger partial charge >= 0.3 is 5.97 Å². The van der Waals surface area contributed by atoms with E-state index in [4.69, 9.17) is 18.9 Å². The highest BCUT2D eigenvalue weighted by Gasteiger charge is 2.55. The summed E-state index contributed by atoms with van der Waals surface area (Å²) < 4.78 is 22.7. The van der Waals surface area contributed by atoms with Gasteiger partial charge in [-0.15, -0.1) is 0 Å². The summed E-state index contributed by atoms with van der Waals surface area (Å²) in [6.45, 7) is 5.41. The van der Waals surface area contributed by atoms with Gasteiger partial charge in [-0.2, -0.15) is 0 Å². The number of benzene rings is 1. The Morgan fingerprint density at radius 2 is 1.76 bits per heavy atom. The molecule has 2 saturated heterocycles. The Kier molecular flexibility index (Phi) is 9.71. The molecule has 214 valence electrons. The van der Waals surface area contributed by atoms with Crippen molar-refractivity contribution in [2.45, 2.75) is 95.0 Å². The number of carbonyl (C=O) groups excluding carboxylic acids is 1. The molecule has 1 amide bonds. The number of rotatable bonds is 9. The summed E-state index contributed by atoms with van der Waals surface area (Å²) in [7, 11) is 0. The molecule has 7 N–H and O–H groups in total. The molecule has 0 radical (unpaired) electrons. The van der Waals surface area contributed by atoms with Gasteiger partial charge in [0, 0.05) is 19.3 Å². The lowest BCUT2D eigenvalue weighted by Crippen LogP contribution is -2.65. The molecule has 2 heterocycles. The Hall–Kier alpha value is -2.36. The van der Waals surface area contributed by atoms with Crippen molar-refractivity contribution in [2.75, 3.05) is 6.61 Å². The molecule has 13 nitrogen and oxygen atoms in total. The highest BCUT2D eigenvalue weighted by molar-refractivity contribution is 5.76. The van der Waals surface area contributed by atoms with Gasteiger partial charge in [0.1, 0.15) is 30.2 Å². The van der Waals surface area contributed by atoms with Gasteiger partial charge < -0.3 is 54.9 Å². The Balaban J connectivity index is 1.79. The van der Waals surface area contributed by atoms with E-state index in [1.165, 1.54) is 13.8 Å².